The molecule has 0 aliphatic rings. The van der Waals surface area contributed by atoms with Crippen LogP contribution in [0.1, 0.15) is 5.56 Å². The molecule has 0 amide bonds. The zero-order chi connectivity index (χ0) is 8.27. The summed E-state index contributed by atoms with van der Waals surface area (Å²) in [5.74, 6) is -0.504. The van der Waals surface area contributed by atoms with E-state index < -0.39 is 12.4 Å². The smallest absolute Gasteiger partial charge is 0.327 e. The van der Waals surface area contributed by atoms with Gasteiger partial charge in [0.05, 0.1) is 6.61 Å². The first-order valence-electron chi connectivity index (χ1n) is 3.15. The molecule has 1 aromatic rings. The normalized spacial score (nSPS) is 9.73. The first-order chi connectivity index (χ1) is 5.29. The van der Waals surface area contributed by atoms with Crippen molar-refractivity contribution in [3.8, 4) is 0 Å². The second kappa shape index (κ2) is 3.50. The lowest BCUT2D eigenvalue weighted by Crippen LogP contribution is -2.20. The minimum atomic E-state index is -0.504. The van der Waals surface area contributed by atoms with Gasteiger partial charge in [0.2, 0.25) is 0 Å². The molecule has 1 aromatic carbocycles. The number of halogens is 1. The fourth-order valence-corrected chi connectivity index (χ4v) is 0.863. The summed E-state index contributed by atoms with van der Waals surface area (Å²) in [5.41, 5.74) is 0.433. The molecule has 0 heterocycles. The third-order valence-corrected chi connectivity index (χ3v) is 1.45. The third kappa shape index (κ3) is 1.58. The lowest BCUT2D eigenvalue weighted by atomic mass is 9.84. The molecule has 0 aromatic heterocycles. The number of rotatable bonds is 2. The van der Waals surface area contributed by atoms with Gasteiger partial charge in [0.1, 0.15) is 5.82 Å². The Bertz CT molecular complexity index is 252. The van der Waals surface area contributed by atoms with Gasteiger partial charge in [-0.2, -0.15) is 0 Å². The van der Waals surface area contributed by atoms with Crippen molar-refractivity contribution in [2.75, 3.05) is 0 Å². The van der Waals surface area contributed by atoms with Gasteiger partial charge in [-0.1, -0.05) is 12.1 Å². The largest absolute Gasteiger partial charge is 0.450 e. The van der Waals surface area contributed by atoms with Gasteiger partial charge in [-0.15, -0.1) is 0 Å². The number of benzene rings is 1. The highest BCUT2D eigenvalue weighted by Gasteiger charge is 2.06. The quantitative estimate of drug-likeness (QED) is 0.565. The van der Waals surface area contributed by atoms with Crippen molar-refractivity contribution in [3.63, 3.8) is 0 Å². The molecule has 0 spiro atoms. The van der Waals surface area contributed by atoms with Crippen LogP contribution >= 0.6 is 0 Å². The van der Waals surface area contributed by atoms with Crippen LogP contribution in [0.3, 0.4) is 0 Å². The van der Waals surface area contributed by atoms with Crippen LogP contribution in [0.4, 0.5) is 4.39 Å². The molecule has 0 aliphatic heterocycles. The maximum absolute atomic E-state index is 12.7. The van der Waals surface area contributed by atoms with Gasteiger partial charge in [0.25, 0.3) is 0 Å². The molecule has 2 nitrogen and oxygen atoms in total. The molecule has 2 N–H and O–H groups in total. The van der Waals surface area contributed by atoms with E-state index in [-0.39, 0.29) is 5.56 Å². The molecular formula is C7H7BFO2. The van der Waals surface area contributed by atoms with Crippen molar-refractivity contribution >= 4 is 12.9 Å². The Morgan fingerprint density at radius 1 is 1.45 bits per heavy atom. The predicted octanol–water partition coefficient (Wildman–Crippen LogP) is -0.445. The summed E-state index contributed by atoms with van der Waals surface area (Å²) in [6.45, 7) is -0.404. The van der Waals surface area contributed by atoms with Crippen molar-refractivity contribution in [2.45, 2.75) is 6.61 Å². The summed E-state index contributed by atoms with van der Waals surface area (Å²) in [5, 5.41) is 17.2. The minimum Gasteiger partial charge on any atom is -0.450 e. The Morgan fingerprint density at radius 3 is 2.64 bits per heavy atom. The molecule has 11 heavy (non-hydrogen) atoms. The highest BCUT2D eigenvalue weighted by Crippen LogP contribution is 2.02. The topological polar surface area (TPSA) is 40.5 Å². The molecule has 0 fully saturated rings. The zero-order valence-electron chi connectivity index (χ0n) is 5.79. The van der Waals surface area contributed by atoms with Gasteiger partial charge in [-0.3, -0.25) is 0 Å². The lowest BCUT2D eigenvalue weighted by molar-refractivity contribution is 0.277. The van der Waals surface area contributed by atoms with E-state index in [4.69, 9.17) is 10.1 Å². The van der Waals surface area contributed by atoms with Crippen LogP contribution in [-0.4, -0.2) is 17.6 Å². The van der Waals surface area contributed by atoms with Crippen LogP contribution in [0.15, 0.2) is 18.2 Å². The molecule has 0 aliphatic carbocycles. The Hall–Kier alpha value is -0.865. The fraction of sp³-hybridized carbons (Fsp3) is 0.143. The molecule has 0 bridgehead atoms. The van der Waals surface area contributed by atoms with Crippen LogP contribution < -0.4 is 5.46 Å². The Kier molecular flexibility index (Phi) is 2.62. The van der Waals surface area contributed by atoms with E-state index in [0.717, 1.165) is 7.48 Å². The third-order valence-electron chi connectivity index (χ3n) is 1.45. The van der Waals surface area contributed by atoms with E-state index in [1.807, 2.05) is 0 Å². The first-order valence-corrected chi connectivity index (χ1v) is 3.15. The highest BCUT2D eigenvalue weighted by atomic mass is 19.1. The summed E-state index contributed by atoms with van der Waals surface area (Å²) in [7, 11) is 0.772. The van der Waals surface area contributed by atoms with E-state index in [2.05, 4.69) is 0 Å². The number of aliphatic hydroxyl groups is 1. The number of aliphatic hydroxyl groups excluding tert-OH is 1. The summed E-state index contributed by atoms with van der Waals surface area (Å²) in [4.78, 5) is 0. The highest BCUT2D eigenvalue weighted by molar-refractivity contribution is 6.46. The van der Waals surface area contributed by atoms with E-state index in [9.17, 15) is 4.39 Å². The van der Waals surface area contributed by atoms with Gasteiger partial charge < -0.3 is 10.1 Å². The fourth-order valence-electron chi connectivity index (χ4n) is 0.863. The molecule has 57 valence electrons. The molecule has 0 saturated carbocycles. The number of hydrogen-bond donors (Lipinski definition) is 2. The van der Waals surface area contributed by atoms with E-state index >= 15 is 0 Å². The average Bonchev–Trinajstić information content (AvgIpc) is 2.04. The van der Waals surface area contributed by atoms with Gasteiger partial charge in [-0.25, -0.2) is 4.39 Å². The van der Waals surface area contributed by atoms with Gasteiger partial charge in [-0.05, 0) is 11.5 Å². The van der Waals surface area contributed by atoms with Crippen LogP contribution in [0.25, 0.3) is 0 Å². The summed E-state index contributed by atoms with van der Waals surface area (Å²) in [6.07, 6.45) is 0. The Labute approximate surface area is 64.6 Å². The second-order valence-electron chi connectivity index (χ2n) is 2.09. The van der Waals surface area contributed by atoms with Gasteiger partial charge in [0.15, 0.2) is 0 Å². The minimum absolute atomic E-state index is 0.120. The molecular weight excluding hydrogens is 146 g/mol. The van der Waals surface area contributed by atoms with Crippen LogP contribution in [-0.2, 0) is 6.61 Å². The maximum Gasteiger partial charge on any atom is 0.327 e. The molecule has 1 radical (unpaired) electrons. The maximum atomic E-state index is 12.7. The van der Waals surface area contributed by atoms with Crippen molar-refractivity contribution in [1.29, 1.82) is 0 Å². The van der Waals surface area contributed by atoms with Gasteiger partial charge in [0, 0.05) is 5.56 Å². The SMILES string of the molecule is O[B]c1cccc(F)c1CO. The van der Waals surface area contributed by atoms with Crippen LogP contribution in [0.5, 0.6) is 0 Å². The van der Waals surface area contributed by atoms with Crippen molar-refractivity contribution in [3.05, 3.63) is 29.6 Å². The first kappa shape index (κ1) is 8.23. The van der Waals surface area contributed by atoms with E-state index in [0.29, 0.717) is 5.46 Å². The van der Waals surface area contributed by atoms with Crippen molar-refractivity contribution in [2.24, 2.45) is 0 Å². The van der Waals surface area contributed by atoms with Crippen molar-refractivity contribution in [1.82, 2.24) is 0 Å². The molecule has 0 unspecified atom stereocenters. The summed E-state index contributed by atoms with van der Waals surface area (Å²) < 4.78 is 12.7. The van der Waals surface area contributed by atoms with E-state index in [1.54, 1.807) is 0 Å². The standard InChI is InChI=1S/C7H7BFO2/c9-7-3-1-2-6(8-11)5(7)4-10/h1-3,10-11H,4H2. The molecule has 4 heteroatoms. The molecule has 0 saturated heterocycles. The zero-order valence-corrected chi connectivity index (χ0v) is 5.79. The van der Waals surface area contributed by atoms with E-state index in [1.165, 1.54) is 18.2 Å². The molecule has 0 atom stereocenters. The summed E-state index contributed by atoms with van der Waals surface area (Å²) in [6, 6.07) is 4.23. The monoisotopic (exact) mass is 153 g/mol. The lowest BCUT2D eigenvalue weighted by Gasteiger charge is -2.02. The second-order valence-corrected chi connectivity index (χ2v) is 2.09. The van der Waals surface area contributed by atoms with Gasteiger partial charge >= 0.3 is 7.48 Å². The average molecular weight is 153 g/mol. The summed E-state index contributed by atoms with van der Waals surface area (Å²) >= 11 is 0. The van der Waals surface area contributed by atoms with Crippen LogP contribution in [0, 0.1) is 5.82 Å². The van der Waals surface area contributed by atoms with Crippen LogP contribution in [0.2, 0.25) is 0 Å². The Morgan fingerprint density at radius 2 is 2.18 bits per heavy atom. The predicted molar refractivity (Wildman–Crippen MR) is 39.9 cm³/mol. The number of hydrogen-bond acceptors (Lipinski definition) is 2. The van der Waals surface area contributed by atoms with Crippen molar-refractivity contribution < 1.29 is 14.5 Å². The Balaban J connectivity index is 3.13. The molecule has 1 rings (SSSR count).